The summed E-state index contributed by atoms with van der Waals surface area (Å²) < 4.78 is 5.44. The van der Waals surface area contributed by atoms with E-state index < -0.39 is 10.8 Å². The highest BCUT2D eigenvalue weighted by molar-refractivity contribution is 6.32. The minimum Gasteiger partial charge on any atom is -0.484 e. The molecule has 1 atom stereocenters. The summed E-state index contributed by atoms with van der Waals surface area (Å²) in [4.78, 5) is 22.2. The first-order valence-corrected chi connectivity index (χ1v) is 8.25. The minimum absolute atomic E-state index is 0.0145. The second-order valence-corrected chi connectivity index (χ2v) is 6.05. The van der Waals surface area contributed by atoms with Gasteiger partial charge in [0.05, 0.1) is 4.92 Å². The van der Waals surface area contributed by atoms with Crippen molar-refractivity contribution in [3.63, 3.8) is 0 Å². The Morgan fingerprint density at radius 1 is 1.28 bits per heavy atom. The maximum Gasteiger partial charge on any atom is 0.289 e. The van der Waals surface area contributed by atoms with Crippen molar-refractivity contribution >= 4 is 28.9 Å². The third-order valence-electron chi connectivity index (χ3n) is 3.86. The molecule has 0 aliphatic rings. The van der Waals surface area contributed by atoms with Gasteiger partial charge in [-0.15, -0.1) is 0 Å². The van der Waals surface area contributed by atoms with Gasteiger partial charge in [0.1, 0.15) is 10.8 Å². The molecule has 1 unspecified atom stereocenters. The van der Waals surface area contributed by atoms with E-state index in [4.69, 9.17) is 16.3 Å². The molecule has 1 N–H and O–H groups in total. The van der Waals surface area contributed by atoms with E-state index in [0.717, 1.165) is 6.42 Å². The summed E-state index contributed by atoms with van der Waals surface area (Å²) in [6, 6.07) is 11.7. The number of rotatable bonds is 7. The van der Waals surface area contributed by atoms with Gasteiger partial charge in [-0.25, -0.2) is 0 Å². The zero-order valence-corrected chi connectivity index (χ0v) is 14.7. The van der Waals surface area contributed by atoms with E-state index in [0.29, 0.717) is 11.7 Å². The third-order valence-corrected chi connectivity index (χ3v) is 4.18. The zero-order valence-electron chi connectivity index (χ0n) is 14.0. The van der Waals surface area contributed by atoms with Crippen molar-refractivity contribution in [2.75, 3.05) is 11.9 Å². The first kappa shape index (κ1) is 18.7. The number of anilines is 1. The number of nitro benzene ring substituents is 1. The Morgan fingerprint density at radius 2 is 1.96 bits per heavy atom. The number of hydrogen-bond donors (Lipinski definition) is 1. The van der Waals surface area contributed by atoms with Gasteiger partial charge in [0, 0.05) is 11.8 Å². The summed E-state index contributed by atoms with van der Waals surface area (Å²) in [5, 5.41) is 13.4. The lowest BCUT2D eigenvalue weighted by molar-refractivity contribution is -0.384. The molecule has 0 aliphatic carbocycles. The molecule has 0 spiro atoms. The Hall–Kier alpha value is -2.60. The van der Waals surface area contributed by atoms with Crippen molar-refractivity contribution in [1.29, 1.82) is 0 Å². The topological polar surface area (TPSA) is 81.5 Å². The number of hydrogen-bond acceptors (Lipinski definition) is 4. The van der Waals surface area contributed by atoms with Crippen LogP contribution in [0.5, 0.6) is 5.75 Å². The van der Waals surface area contributed by atoms with Gasteiger partial charge in [-0.3, -0.25) is 14.9 Å². The highest BCUT2D eigenvalue weighted by Crippen LogP contribution is 2.27. The minimum atomic E-state index is -0.604. The molecule has 132 valence electrons. The molecule has 0 radical (unpaired) electrons. The molecule has 0 aliphatic heterocycles. The number of halogens is 1. The van der Waals surface area contributed by atoms with Gasteiger partial charge in [-0.2, -0.15) is 0 Å². The lowest BCUT2D eigenvalue weighted by Crippen LogP contribution is -2.20. The number of carbonyl (C=O) groups excluding carboxylic acids is 1. The molecule has 0 fully saturated rings. The third kappa shape index (κ3) is 5.19. The Kier molecular flexibility index (Phi) is 6.36. The van der Waals surface area contributed by atoms with E-state index in [9.17, 15) is 14.9 Å². The van der Waals surface area contributed by atoms with Crippen LogP contribution in [0, 0.1) is 10.1 Å². The van der Waals surface area contributed by atoms with E-state index in [2.05, 4.69) is 19.2 Å². The smallest absolute Gasteiger partial charge is 0.289 e. The molecule has 0 bridgehead atoms. The largest absolute Gasteiger partial charge is 0.484 e. The van der Waals surface area contributed by atoms with Crippen molar-refractivity contribution in [1.82, 2.24) is 0 Å². The van der Waals surface area contributed by atoms with E-state index in [1.165, 1.54) is 23.8 Å². The van der Waals surface area contributed by atoms with E-state index in [1.807, 2.05) is 24.3 Å². The van der Waals surface area contributed by atoms with E-state index >= 15 is 0 Å². The number of ether oxygens (including phenoxy) is 1. The molecule has 25 heavy (non-hydrogen) atoms. The number of nitro groups is 1. The van der Waals surface area contributed by atoms with Crippen molar-refractivity contribution in [2.45, 2.75) is 26.2 Å². The first-order chi connectivity index (χ1) is 11.9. The van der Waals surface area contributed by atoms with E-state index in [-0.39, 0.29) is 23.0 Å². The molecule has 2 aromatic rings. The molecule has 0 aromatic heterocycles. The fourth-order valence-electron chi connectivity index (χ4n) is 2.20. The summed E-state index contributed by atoms with van der Waals surface area (Å²) in [6.45, 7) is 4.08. The summed E-state index contributed by atoms with van der Waals surface area (Å²) in [6.07, 6.45) is 1.05. The SMILES string of the molecule is CCC(C)c1ccc(OCC(=O)Nc2ccc(Cl)c([N+](=O)[O-])c2)cc1. The highest BCUT2D eigenvalue weighted by Gasteiger charge is 2.14. The van der Waals surface area contributed by atoms with Gasteiger partial charge in [-0.05, 0) is 42.2 Å². The molecule has 2 aromatic carbocycles. The number of nitrogens with zero attached hydrogens (tertiary/aromatic N) is 1. The maximum absolute atomic E-state index is 11.9. The van der Waals surface area contributed by atoms with Crippen LogP contribution in [0.3, 0.4) is 0 Å². The van der Waals surface area contributed by atoms with Gasteiger partial charge in [0.2, 0.25) is 0 Å². The summed E-state index contributed by atoms with van der Waals surface area (Å²) in [5.41, 5.74) is 1.24. The Labute approximate surface area is 150 Å². The lowest BCUT2D eigenvalue weighted by Gasteiger charge is -2.11. The van der Waals surface area contributed by atoms with Gasteiger partial charge in [-0.1, -0.05) is 37.6 Å². The number of carbonyl (C=O) groups is 1. The van der Waals surface area contributed by atoms with Crippen LogP contribution in [-0.2, 0) is 4.79 Å². The molecule has 0 heterocycles. The van der Waals surface area contributed by atoms with Crippen molar-refractivity contribution in [2.24, 2.45) is 0 Å². The standard InChI is InChI=1S/C18H19ClN2O4/c1-3-12(2)13-4-7-15(8-5-13)25-11-18(22)20-14-6-9-16(19)17(10-14)21(23)24/h4-10,12H,3,11H2,1-2H3,(H,20,22). The van der Waals surface area contributed by atoms with Gasteiger partial charge in [0.25, 0.3) is 11.6 Å². The lowest BCUT2D eigenvalue weighted by atomic mass is 9.99. The van der Waals surface area contributed by atoms with Crippen LogP contribution in [0.4, 0.5) is 11.4 Å². The second-order valence-electron chi connectivity index (χ2n) is 5.64. The average Bonchev–Trinajstić information content (AvgIpc) is 2.61. The van der Waals surface area contributed by atoms with Crippen LogP contribution in [0.2, 0.25) is 5.02 Å². The van der Waals surface area contributed by atoms with Crippen molar-refractivity contribution in [3.8, 4) is 5.75 Å². The molecule has 0 saturated carbocycles. The molecule has 2 rings (SSSR count). The predicted octanol–water partition coefficient (Wildman–Crippen LogP) is 4.78. The first-order valence-electron chi connectivity index (χ1n) is 7.87. The Bertz CT molecular complexity index is 762. The Morgan fingerprint density at radius 3 is 2.56 bits per heavy atom. The van der Waals surface area contributed by atoms with Crippen LogP contribution < -0.4 is 10.1 Å². The number of nitrogens with one attached hydrogen (secondary N) is 1. The fraction of sp³-hybridized carbons (Fsp3) is 0.278. The number of benzene rings is 2. The summed E-state index contributed by atoms with van der Waals surface area (Å²) in [7, 11) is 0. The maximum atomic E-state index is 11.9. The van der Waals surface area contributed by atoms with Crippen molar-refractivity contribution < 1.29 is 14.5 Å². The van der Waals surface area contributed by atoms with Gasteiger partial charge in [0.15, 0.2) is 6.61 Å². The molecular formula is C18H19ClN2O4. The monoisotopic (exact) mass is 362 g/mol. The normalized spacial score (nSPS) is 11.6. The second kappa shape index (κ2) is 8.48. The number of amides is 1. The van der Waals surface area contributed by atoms with Gasteiger partial charge < -0.3 is 10.1 Å². The highest BCUT2D eigenvalue weighted by atomic mass is 35.5. The van der Waals surface area contributed by atoms with Crippen LogP contribution in [0.1, 0.15) is 31.7 Å². The van der Waals surface area contributed by atoms with Crippen LogP contribution in [0.25, 0.3) is 0 Å². The zero-order chi connectivity index (χ0) is 18.4. The molecular weight excluding hydrogens is 344 g/mol. The molecule has 0 saturated heterocycles. The quantitative estimate of drug-likeness (QED) is 0.567. The van der Waals surface area contributed by atoms with E-state index in [1.54, 1.807) is 0 Å². The van der Waals surface area contributed by atoms with Crippen LogP contribution in [0.15, 0.2) is 42.5 Å². The average molecular weight is 363 g/mol. The fourth-order valence-corrected chi connectivity index (χ4v) is 2.39. The Balaban J connectivity index is 1.92. The summed E-state index contributed by atoms with van der Waals surface area (Å²) in [5.74, 6) is 0.643. The van der Waals surface area contributed by atoms with Crippen LogP contribution in [-0.4, -0.2) is 17.4 Å². The molecule has 7 heteroatoms. The summed E-state index contributed by atoms with van der Waals surface area (Å²) >= 11 is 5.74. The van der Waals surface area contributed by atoms with Crippen LogP contribution >= 0.6 is 11.6 Å². The van der Waals surface area contributed by atoms with Gasteiger partial charge >= 0.3 is 0 Å². The molecule has 6 nitrogen and oxygen atoms in total. The molecule has 1 amide bonds. The van der Waals surface area contributed by atoms with Crippen molar-refractivity contribution in [3.05, 3.63) is 63.2 Å². The predicted molar refractivity (Wildman–Crippen MR) is 97.4 cm³/mol.